The van der Waals surface area contributed by atoms with Crippen LogP contribution in [0.2, 0.25) is 0 Å². The minimum absolute atomic E-state index is 0.269. The fourth-order valence-electron chi connectivity index (χ4n) is 1.52. The molecule has 0 amide bonds. The number of carbonyl (C=O) groups is 1. The molecule has 0 saturated carbocycles. The number of benzene rings is 1. The first kappa shape index (κ1) is 10.2. The summed E-state index contributed by atoms with van der Waals surface area (Å²) in [4.78, 5) is 10.1. The second kappa shape index (κ2) is 4.02. The van der Waals surface area contributed by atoms with Crippen LogP contribution in [0.5, 0.6) is 0 Å². The molecule has 1 aromatic carbocycles. The highest BCUT2D eigenvalue weighted by molar-refractivity contribution is 9.10. The zero-order valence-corrected chi connectivity index (χ0v) is 9.69. The second-order valence-electron chi connectivity index (χ2n) is 3.21. The summed E-state index contributed by atoms with van der Waals surface area (Å²) in [7, 11) is 1.86. The molecule has 78 valence electrons. The monoisotopic (exact) mass is 268 g/mol. The minimum Gasteiger partial charge on any atom is -0.463 e. The standard InChI is InChI=1S/C10H9BrN2O2/c1-13-4-9-7(5-15-6-14)2-8(11)3-10(9)12-13/h2-4,6H,5H2,1H3. The maximum atomic E-state index is 10.1. The quantitative estimate of drug-likeness (QED) is 0.800. The number of ether oxygens (including phenoxy) is 1. The topological polar surface area (TPSA) is 44.1 Å². The molecule has 0 radical (unpaired) electrons. The van der Waals surface area contributed by atoms with Crippen LogP contribution in [0, 0.1) is 0 Å². The first-order valence-electron chi connectivity index (χ1n) is 4.38. The fourth-order valence-corrected chi connectivity index (χ4v) is 2.01. The Morgan fingerprint density at radius 2 is 2.40 bits per heavy atom. The molecule has 0 N–H and O–H groups in total. The molecule has 0 bridgehead atoms. The number of nitrogens with zero attached hydrogens (tertiary/aromatic N) is 2. The van der Waals surface area contributed by atoms with E-state index in [1.165, 1.54) is 0 Å². The van der Waals surface area contributed by atoms with Gasteiger partial charge in [0.15, 0.2) is 0 Å². The third kappa shape index (κ3) is 2.02. The van der Waals surface area contributed by atoms with E-state index in [0.29, 0.717) is 6.47 Å². The van der Waals surface area contributed by atoms with Crippen LogP contribution in [0.3, 0.4) is 0 Å². The van der Waals surface area contributed by atoms with Crippen molar-refractivity contribution in [1.82, 2.24) is 9.78 Å². The Bertz CT molecular complexity index is 507. The van der Waals surface area contributed by atoms with E-state index in [4.69, 9.17) is 4.74 Å². The SMILES string of the molecule is Cn1cc2c(COC=O)cc(Br)cc2n1. The van der Waals surface area contributed by atoms with Crippen LogP contribution in [0.15, 0.2) is 22.8 Å². The fraction of sp³-hybridized carbons (Fsp3) is 0.200. The Morgan fingerprint density at radius 1 is 1.60 bits per heavy atom. The van der Waals surface area contributed by atoms with Crippen molar-refractivity contribution in [2.75, 3.05) is 0 Å². The van der Waals surface area contributed by atoms with E-state index in [1.54, 1.807) is 4.68 Å². The molecule has 1 aromatic heterocycles. The van der Waals surface area contributed by atoms with E-state index in [-0.39, 0.29) is 6.61 Å². The van der Waals surface area contributed by atoms with Gasteiger partial charge in [0.05, 0.1) is 5.52 Å². The van der Waals surface area contributed by atoms with Crippen molar-refractivity contribution in [2.24, 2.45) is 7.05 Å². The molecule has 2 rings (SSSR count). The Morgan fingerprint density at radius 3 is 3.13 bits per heavy atom. The van der Waals surface area contributed by atoms with Crippen molar-refractivity contribution < 1.29 is 9.53 Å². The zero-order valence-electron chi connectivity index (χ0n) is 8.11. The zero-order chi connectivity index (χ0) is 10.8. The summed E-state index contributed by atoms with van der Waals surface area (Å²) in [5.74, 6) is 0. The Kier molecular flexibility index (Phi) is 2.73. The van der Waals surface area contributed by atoms with Crippen LogP contribution in [-0.2, 0) is 23.2 Å². The van der Waals surface area contributed by atoms with Crippen molar-refractivity contribution in [3.05, 3.63) is 28.4 Å². The Hall–Kier alpha value is -1.36. The van der Waals surface area contributed by atoms with Crippen molar-refractivity contribution in [3.63, 3.8) is 0 Å². The summed E-state index contributed by atoms with van der Waals surface area (Å²) in [5, 5.41) is 5.29. The molecule has 0 aliphatic heterocycles. The maximum absolute atomic E-state index is 10.1. The molecule has 0 aliphatic carbocycles. The van der Waals surface area contributed by atoms with Gasteiger partial charge in [-0.3, -0.25) is 9.48 Å². The number of aryl methyl sites for hydroxylation is 1. The second-order valence-corrected chi connectivity index (χ2v) is 4.12. The predicted octanol–water partition coefficient (Wildman–Crippen LogP) is 2.01. The number of hydrogen-bond acceptors (Lipinski definition) is 3. The third-order valence-corrected chi connectivity index (χ3v) is 2.55. The van der Waals surface area contributed by atoms with Crippen molar-refractivity contribution in [3.8, 4) is 0 Å². The van der Waals surface area contributed by atoms with Crippen molar-refractivity contribution in [2.45, 2.75) is 6.61 Å². The van der Waals surface area contributed by atoms with Gasteiger partial charge in [-0.15, -0.1) is 0 Å². The first-order chi connectivity index (χ1) is 7.20. The van der Waals surface area contributed by atoms with E-state index in [9.17, 15) is 4.79 Å². The van der Waals surface area contributed by atoms with Gasteiger partial charge in [-0.25, -0.2) is 0 Å². The average molecular weight is 269 g/mol. The van der Waals surface area contributed by atoms with Gasteiger partial charge in [-0.05, 0) is 12.1 Å². The highest BCUT2D eigenvalue weighted by Gasteiger charge is 2.06. The van der Waals surface area contributed by atoms with Gasteiger partial charge in [0.25, 0.3) is 6.47 Å². The molecule has 0 unspecified atom stereocenters. The lowest BCUT2D eigenvalue weighted by molar-refractivity contribution is -0.129. The lowest BCUT2D eigenvalue weighted by atomic mass is 10.1. The molecular formula is C10H9BrN2O2. The summed E-state index contributed by atoms with van der Waals surface area (Å²) in [5.41, 5.74) is 1.83. The Labute approximate surface area is 95.0 Å². The molecule has 5 heteroatoms. The van der Waals surface area contributed by atoms with Crippen molar-refractivity contribution in [1.29, 1.82) is 0 Å². The molecule has 1 heterocycles. The molecule has 4 nitrogen and oxygen atoms in total. The van der Waals surface area contributed by atoms with Gasteiger partial charge in [-0.2, -0.15) is 5.10 Å². The lowest BCUT2D eigenvalue weighted by Crippen LogP contribution is -1.90. The average Bonchev–Trinajstić information content (AvgIpc) is 2.54. The summed E-state index contributed by atoms with van der Waals surface area (Å²) in [6.07, 6.45) is 1.91. The number of rotatable bonds is 3. The third-order valence-electron chi connectivity index (χ3n) is 2.10. The minimum atomic E-state index is 0.269. The number of fused-ring (bicyclic) bond motifs is 1. The first-order valence-corrected chi connectivity index (χ1v) is 5.17. The van der Waals surface area contributed by atoms with E-state index in [1.807, 2.05) is 25.4 Å². The van der Waals surface area contributed by atoms with E-state index in [2.05, 4.69) is 21.0 Å². The summed E-state index contributed by atoms with van der Waals surface area (Å²) < 4.78 is 7.42. The number of aromatic nitrogens is 2. The van der Waals surface area contributed by atoms with Crippen LogP contribution < -0.4 is 0 Å². The molecule has 0 fully saturated rings. The van der Waals surface area contributed by atoms with Crippen LogP contribution in [0.1, 0.15) is 5.56 Å². The van der Waals surface area contributed by atoms with E-state index < -0.39 is 0 Å². The largest absolute Gasteiger partial charge is 0.463 e. The van der Waals surface area contributed by atoms with E-state index >= 15 is 0 Å². The normalized spacial score (nSPS) is 10.5. The smallest absolute Gasteiger partial charge is 0.293 e. The van der Waals surface area contributed by atoms with Gasteiger partial charge in [0.1, 0.15) is 6.61 Å². The molecule has 0 atom stereocenters. The Balaban J connectivity index is 2.54. The molecule has 2 aromatic rings. The molecule has 0 saturated heterocycles. The van der Waals surface area contributed by atoms with Gasteiger partial charge in [0, 0.05) is 28.7 Å². The van der Waals surface area contributed by atoms with Crippen LogP contribution in [0.25, 0.3) is 10.9 Å². The molecular weight excluding hydrogens is 260 g/mol. The van der Waals surface area contributed by atoms with Gasteiger partial charge < -0.3 is 4.74 Å². The van der Waals surface area contributed by atoms with Gasteiger partial charge >= 0.3 is 0 Å². The number of halogens is 1. The van der Waals surface area contributed by atoms with Gasteiger partial charge in [0.2, 0.25) is 0 Å². The maximum Gasteiger partial charge on any atom is 0.293 e. The number of carbonyl (C=O) groups excluding carboxylic acids is 1. The molecule has 15 heavy (non-hydrogen) atoms. The summed E-state index contributed by atoms with van der Waals surface area (Å²) in [6.45, 7) is 0.717. The lowest BCUT2D eigenvalue weighted by Gasteiger charge is -2.01. The molecule has 0 spiro atoms. The van der Waals surface area contributed by atoms with Crippen LogP contribution in [0.4, 0.5) is 0 Å². The number of hydrogen-bond donors (Lipinski definition) is 0. The summed E-state index contributed by atoms with van der Waals surface area (Å²) in [6, 6.07) is 3.85. The van der Waals surface area contributed by atoms with Gasteiger partial charge in [-0.1, -0.05) is 15.9 Å². The molecule has 0 aliphatic rings. The van der Waals surface area contributed by atoms with E-state index in [0.717, 1.165) is 20.9 Å². The highest BCUT2D eigenvalue weighted by Crippen LogP contribution is 2.23. The highest BCUT2D eigenvalue weighted by atomic mass is 79.9. The van der Waals surface area contributed by atoms with Crippen LogP contribution >= 0.6 is 15.9 Å². The van der Waals surface area contributed by atoms with Crippen molar-refractivity contribution >= 4 is 33.3 Å². The summed E-state index contributed by atoms with van der Waals surface area (Å²) >= 11 is 3.39. The predicted molar refractivity (Wildman–Crippen MR) is 59.3 cm³/mol. The van der Waals surface area contributed by atoms with Crippen LogP contribution in [-0.4, -0.2) is 16.3 Å².